The molecule has 1 aromatic carbocycles. The van der Waals surface area contributed by atoms with Crippen LogP contribution in [0.15, 0.2) is 24.3 Å². The van der Waals surface area contributed by atoms with Gasteiger partial charge >= 0.3 is 12.2 Å². The molecule has 16 heteroatoms. The van der Waals surface area contributed by atoms with Crippen LogP contribution in [0.3, 0.4) is 0 Å². The molecule has 1 aromatic heterocycles. The SMILES string of the molecule is CN(C)CC1(S(=O)(=O)NC(=O)c2ccc(Nc3nc(OCC(F)(F)F)nc(N4CCNCC4)n3)cc2)CC1. The minimum atomic E-state index is -4.56. The molecule has 1 saturated carbocycles. The van der Waals surface area contributed by atoms with Crippen LogP contribution in [0.1, 0.15) is 23.2 Å². The maximum absolute atomic E-state index is 12.8. The first-order chi connectivity index (χ1) is 17.9. The van der Waals surface area contributed by atoms with Gasteiger partial charge in [0.15, 0.2) is 6.61 Å². The van der Waals surface area contributed by atoms with E-state index in [1.54, 1.807) is 23.9 Å². The Kier molecular flexibility index (Phi) is 7.94. The van der Waals surface area contributed by atoms with Crippen molar-refractivity contribution in [3.05, 3.63) is 29.8 Å². The van der Waals surface area contributed by atoms with Gasteiger partial charge in [0, 0.05) is 44.0 Å². The van der Waals surface area contributed by atoms with Gasteiger partial charge in [-0.3, -0.25) is 4.79 Å². The first kappa shape index (κ1) is 27.8. The molecule has 0 unspecified atom stereocenters. The van der Waals surface area contributed by atoms with Gasteiger partial charge in [0.2, 0.25) is 21.9 Å². The fourth-order valence-electron chi connectivity index (χ4n) is 3.97. The van der Waals surface area contributed by atoms with E-state index < -0.39 is 39.5 Å². The second kappa shape index (κ2) is 10.9. The number of benzene rings is 1. The quantitative estimate of drug-likeness (QED) is 0.386. The van der Waals surface area contributed by atoms with Crippen LogP contribution in [0.25, 0.3) is 0 Å². The van der Waals surface area contributed by atoms with E-state index in [1.807, 2.05) is 0 Å². The number of rotatable bonds is 10. The summed E-state index contributed by atoms with van der Waals surface area (Å²) < 4.78 is 69.5. The molecule has 1 saturated heterocycles. The van der Waals surface area contributed by atoms with Gasteiger partial charge in [0.1, 0.15) is 4.75 Å². The largest absolute Gasteiger partial charge is 0.454 e. The van der Waals surface area contributed by atoms with Crippen LogP contribution >= 0.6 is 0 Å². The van der Waals surface area contributed by atoms with Crippen LogP contribution in [-0.2, 0) is 10.0 Å². The van der Waals surface area contributed by atoms with Gasteiger partial charge in [-0.1, -0.05) is 0 Å². The van der Waals surface area contributed by atoms with Crippen molar-refractivity contribution in [3.63, 3.8) is 0 Å². The molecule has 2 aromatic rings. The van der Waals surface area contributed by atoms with E-state index in [-0.39, 0.29) is 17.5 Å². The van der Waals surface area contributed by atoms with E-state index in [1.165, 1.54) is 24.3 Å². The summed E-state index contributed by atoms with van der Waals surface area (Å²) in [7, 11) is -0.330. The highest BCUT2D eigenvalue weighted by atomic mass is 32.2. The van der Waals surface area contributed by atoms with Crippen LogP contribution in [0.2, 0.25) is 0 Å². The van der Waals surface area contributed by atoms with Crippen molar-refractivity contribution in [2.24, 2.45) is 0 Å². The minimum absolute atomic E-state index is 0.0511. The molecule has 0 bridgehead atoms. The van der Waals surface area contributed by atoms with Crippen molar-refractivity contribution in [2.75, 3.05) is 63.6 Å². The molecular weight excluding hydrogens is 529 g/mol. The lowest BCUT2D eigenvalue weighted by Gasteiger charge is -2.27. The number of sulfonamides is 1. The third-order valence-electron chi connectivity index (χ3n) is 5.98. The van der Waals surface area contributed by atoms with Crippen molar-refractivity contribution in [1.29, 1.82) is 0 Å². The van der Waals surface area contributed by atoms with Gasteiger partial charge in [-0.25, -0.2) is 13.1 Å². The molecule has 208 valence electrons. The Hall–Kier alpha value is -3.24. The van der Waals surface area contributed by atoms with E-state index in [4.69, 9.17) is 4.74 Å². The number of nitrogens with one attached hydrogen (secondary N) is 3. The molecule has 3 N–H and O–H groups in total. The van der Waals surface area contributed by atoms with Crippen molar-refractivity contribution in [3.8, 4) is 6.01 Å². The molecule has 2 heterocycles. The summed E-state index contributed by atoms with van der Waals surface area (Å²) in [5.74, 6) is -0.649. The zero-order valence-corrected chi connectivity index (χ0v) is 21.7. The van der Waals surface area contributed by atoms with Gasteiger partial charge < -0.3 is 25.2 Å². The third kappa shape index (κ3) is 6.99. The molecule has 4 rings (SSSR count). The molecule has 0 atom stereocenters. The van der Waals surface area contributed by atoms with Crippen LogP contribution < -0.4 is 25.0 Å². The molecule has 1 aliphatic heterocycles. The van der Waals surface area contributed by atoms with Crippen molar-refractivity contribution < 1.29 is 31.1 Å². The fourth-order valence-corrected chi connectivity index (χ4v) is 5.62. The molecule has 1 aliphatic carbocycles. The van der Waals surface area contributed by atoms with Gasteiger partial charge in [-0.05, 0) is 51.2 Å². The topological polar surface area (TPSA) is 142 Å². The summed E-state index contributed by atoms with van der Waals surface area (Å²) in [4.78, 5) is 28.4. The van der Waals surface area contributed by atoms with Crippen LogP contribution in [0.5, 0.6) is 6.01 Å². The summed E-state index contributed by atoms with van der Waals surface area (Å²) in [5.41, 5.74) is 0.529. The van der Waals surface area contributed by atoms with Crippen molar-refractivity contribution in [1.82, 2.24) is 29.9 Å². The summed E-state index contributed by atoms with van der Waals surface area (Å²) in [6.07, 6.45) is -3.61. The number of hydrogen-bond acceptors (Lipinski definition) is 11. The van der Waals surface area contributed by atoms with Crippen LogP contribution in [0.4, 0.5) is 30.8 Å². The Bertz CT molecular complexity index is 1250. The van der Waals surface area contributed by atoms with Gasteiger partial charge in [0.25, 0.3) is 5.91 Å². The number of nitrogens with zero attached hydrogens (tertiary/aromatic N) is 5. The highest BCUT2D eigenvalue weighted by Gasteiger charge is 2.55. The Balaban J connectivity index is 1.47. The molecule has 1 amide bonds. The average molecular weight is 559 g/mol. The predicted molar refractivity (Wildman–Crippen MR) is 133 cm³/mol. The standard InChI is InChI=1S/C22H29F3N8O4S/c1-32(2)13-21(7-8-21)38(35,36)31-17(34)15-3-5-16(6-4-15)27-18-28-19(33-11-9-26-10-12-33)30-20(29-18)37-14-22(23,24)25/h3-6,26H,7-14H2,1-2H3,(H,31,34)(H,27,28,29,30). The number of aromatic nitrogens is 3. The first-order valence-electron chi connectivity index (χ1n) is 11.9. The van der Waals surface area contributed by atoms with E-state index >= 15 is 0 Å². The number of anilines is 3. The number of piperazine rings is 1. The molecule has 2 fully saturated rings. The van der Waals surface area contributed by atoms with Gasteiger partial charge in [-0.15, -0.1) is 0 Å². The summed E-state index contributed by atoms with van der Waals surface area (Å²) >= 11 is 0. The van der Waals surface area contributed by atoms with E-state index in [0.717, 1.165) is 0 Å². The number of carbonyl (C=O) groups excluding carboxylic acids is 1. The maximum Gasteiger partial charge on any atom is 0.422 e. The Labute approximate surface area is 218 Å². The van der Waals surface area contributed by atoms with Crippen molar-refractivity contribution in [2.45, 2.75) is 23.8 Å². The lowest BCUT2D eigenvalue weighted by atomic mass is 10.2. The fraction of sp³-hybridized carbons (Fsp3) is 0.545. The number of alkyl halides is 3. The lowest BCUT2D eigenvalue weighted by Crippen LogP contribution is -2.44. The molecule has 0 radical (unpaired) electrons. The van der Waals surface area contributed by atoms with Gasteiger partial charge in [0.05, 0.1) is 0 Å². The average Bonchev–Trinajstić information content (AvgIpc) is 3.64. The summed E-state index contributed by atoms with van der Waals surface area (Å²) in [6.45, 7) is 1.16. The van der Waals surface area contributed by atoms with E-state index in [9.17, 15) is 26.4 Å². The van der Waals surface area contributed by atoms with Crippen LogP contribution in [-0.4, -0.2) is 98.5 Å². The van der Waals surface area contributed by atoms with Crippen LogP contribution in [0, 0.1) is 0 Å². The molecule has 0 spiro atoms. The zero-order chi connectivity index (χ0) is 27.6. The molecule has 12 nitrogen and oxygen atoms in total. The van der Waals surface area contributed by atoms with E-state index in [0.29, 0.717) is 51.3 Å². The highest BCUT2D eigenvalue weighted by Crippen LogP contribution is 2.43. The lowest BCUT2D eigenvalue weighted by molar-refractivity contribution is -0.154. The molecule has 2 aliphatic rings. The van der Waals surface area contributed by atoms with Crippen molar-refractivity contribution >= 4 is 33.5 Å². The first-order valence-corrected chi connectivity index (χ1v) is 13.3. The Morgan fingerprint density at radius 3 is 2.37 bits per heavy atom. The highest BCUT2D eigenvalue weighted by molar-refractivity contribution is 7.91. The number of carbonyl (C=O) groups is 1. The summed E-state index contributed by atoms with van der Waals surface area (Å²) in [6, 6.07) is 5.34. The second-order valence-electron chi connectivity index (χ2n) is 9.44. The Morgan fingerprint density at radius 2 is 1.79 bits per heavy atom. The monoisotopic (exact) mass is 558 g/mol. The normalized spacial score (nSPS) is 17.3. The Morgan fingerprint density at radius 1 is 1.13 bits per heavy atom. The summed E-state index contributed by atoms with van der Waals surface area (Å²) in [5, 5.41) is 6.04. The van der Waals surface area contributed by atoms with E-state index in [2.05, 4.69) is 30.3 Å². The van der Waals surface area contributed by atoms with Gasteiger partial charge in [-0.2, -0.15) is 28.1 Å². The smallest absolute Gasteiger partial charge is 0.422 e. The minimum Gasteiger partial charge on any atom is -0.454 e. The molecule has 38 heavy (non-hydrogen) atoms. The zero-order valence-electron chi connectivity index (χ0n) is 20.9. The third-order valence-corrected chi connectivity index (χ3v) is 8.11. The number of ether oxygens (including phenoxy) is 1. The number of hydrogen-bond donors (Lipinski definition) is 3. The maximum atomic E-state index is 12.8. The number of amides is 1. The number of halogens is 3. The second-order valence-corrected chi connectivity index (χ2v) is 11.5. The predicted octanol–water partition coefficient (Wildman–Crippen LogP) is 1.12. The molecular formula is C22H29F3N8O4S.